The SMILES string of the molecule is CN(CCC(C)(N)C#N)CC1CC1. The van der Waals surface area contributed by atoms with Crippen LogP contribution in [0, 0.1) is 17.2 Å². The zero-order chi connectivity index (χ0) is 9.90. The van der Waals surface area contributed by atoms with E-state index in [4.69, 9.17) is 11.0 Å². The topological polar surface area (TPSA) is 53.0 Å². The maximum atomic E-state index is 8.71. The smallest absolute Gasteiger partial charge is 0.102 e. The average molecular weight is 181 g/mol. The summed E-state index contributed by atoms with van der Waals surface area (Å²) in [7, 11) is 2.10. The summed E-state index contributed by atoms with van der Waals surface area (Å²) in [5.74, 6) is 0.913. The van der Waals surface area contributed by atoms with E-state index in [0.29, 0.717) is 0 Å². The fraction of sp³-hybridized carbons (Fsp3) is 0.900. The minimum absolute atomic E-state index is 0.655. The molecule has 0 spiro atoms. The van der Waals surface area contributed by atoms with Gasteiger partial charge in [0.2, 0.25) is 0 Å². The van der Waals surface area contributed by atoms with Crippen LogP contribution in [0.15, 0.2) is 0 Å². The molecule has 3 heteroatoms. The van der Waals surface area contributed by atoms with Gasteiger partial charge in [-0.25, -0.2) is 0 Å². The lowest BCUT2D eigenvalue weighted by Crippen LogP contribution is -2.38. The van der Waals surface area contributed by atoms with Gasteiger partial charge in [-0.3, -0.25) is 0 Å². The van der Waals surface area contributed by atoms with Gasteiger partial charge in [0.05, 0.1) is 6.07 Å². The van der Waals surface area contributed by atoms with Crippen molar-refractivity contribution in [3.63, 3.8) is 0 Å². The zero-order valence-corrected chi connectivity index (χ0v) is 8.58. The highest BCUT2D eigenvalue weighted by molar-refractivity contribution is 5.01. The van der Waals surface area contributed by atoms with E-state index in [1.54, 1.807) is 6.92 Å². The minimum Gasteiger partial charge on any atom is -0.314 e. The van der Waals surface area contributed by atoms with E-state index in [9.17, 15) is 0 Å². The van der Waals surface area contributed by atoms with Crippen molar-refractivity contribution in [3.8, 4) is 6.07 Å². The Morgan fingerprint density at radius 2 is 2.23 bits per heavy atom. The van der Waals surface area contributed by atoms with E-state index in [1.165, 1.54) is 19.4 Å². The highest BCUT2D eigenvalue weighted by Gasteiger charge is 2.24. The van der Waals surface area contributed by atoms with E-state index in [0.717, 1.165) is 18.9 Å². The van der Waals surface area contributed by atoms with E-state index in [2.05, 4.69) is 18.0 Å². The van der Waals surface area contributed by atoms with Gasteiger partial charge >= 0.3 is 0 Å². The molecule has 0 aromatic heterocycles. The van der Waals surface area contributed by atoms with Crippen LogP contribution in [0.3, 0.4) is 0 Å². The number of rotatable bonds is 5. The third-order valence-corrected chi connectivity index (χ3v) is 2.54. The van der Waals surface area contributed by atoms with Crippen molar-refractivity contribution in [2.45, 2.75) is 31.7 Å². The van der Waals surface area contributed by atoms with Gasteiger partial charge in [0.25, 0.3) is 0 Å². The summed E-state index contributed by atoms with van der Waals surface area (Å²) in [6.45, 7) is 3.89. The molecule has 1 atom stereocenters. The fourth-order valence-electron chi connectivity index (χ4n) is 1.31. The summed E-state index contributed by atoms with van der Waals surface area (Å²) < 4.78 is 0. The third-order valence-electron chi connectivity index (χ3n) is 2.54. The molecule has 0 radical (unpaired) electrons. The summed E-state index contributed by atoms with van der Waals surface area (Å²) in [4.78, 5) is 2.28. The molecule has 1 unspecified atom stereocenters. The molecule has 3 nitrogen and oxygen atoms in total. The van der Waals surface area contributed by atoms with Crippen LogP contribution in [0.2, 0.25) is 0 Å². The van der Waals surface area contributed by atoms with Gasteiger partial charge in [0.15, 0.2) is 0 Å². The molecule has 1 fully saturated rings. The molecule has 1 rings (SSSR count). The van der Waals surface area contributed by atoms with Crippen molar-refractivity contribution in [2.75, 3.05) is 20.1 Å². The van der Waals surface area contributed by atoms with Crippen molar-refractivity contribution in [3.05, 3.63) is 0 Å². The Hall–Kier alpha value is -0.590. The van der Waals surface area contributed by atoms with Crippen molar-refractivity contribution in [1.29, 1.82) is 5.26 Å². The molecule has 0 heterocycles. The molecule has 0 aliphatic heterocycles. The van der Waals surface area contributed by atoms with Gasteiger partial charge < -0.3 is 10.6 Å². The Kier molecular flexibility index (Phi) is 3.29. The molecule has 0 aromatic carbocycles. The Bertz CT molecular complexity index is 201. The lowest BCUT2D eigenvalue weighted by atomic mass is 10.0. The van der Waals surface area contributed by atoms with E-state index < -0.39 is 5.54 Å². The van der Waals surface area contributed by atoms with Crippen molar-refractivity contribution < 1.29 is 0 Å². The molecule has 74 valence electrons. The molecular weight excluding hydrogens is 162 g/mol. The lowest BCUT2D eigenvalue weighted by molar-refractivity contribution is 0.296. The van der Waals surface area contributed by atoms with E-state index in [1.807, 2.05) is 0 Å². The Balaban J connectivity index is 2.13. The van der Waals surface area contributed by atoms with Crippen molar-refractivity contribution in [1.82, 2.24) is 4.90 Å². The molecule has 1 aliphatic rings. The van der Waals surface area contributed by atoms with E-state index >= 15 is 0 Å². The second-order valence-electron chi connectivity index (χ2n) is 4.48. The monoisotopic (exact) mass is 181 g/mol. The molecule has 0 aromatic rings. The lowest BCUT2D eigenvalue weighted by Gasteiger charge is -2.21. The van der Waals surface area contributed by atoms with Gasteiger partial charge in [-0.05, 0) is 39.2 Å². The van der Waals surface area contributed by atoms with Gasteiger partial charge in [-0.2, -0.15) is 5.26 Å². The molecule has 13 heavy (non-hydrogen) atoms. The second-order valence-corrected chi connectivity index (χ2v) is 4.48. The molecule has 0 amide bonds. The maximum Gasteiger partial charge on any atom is 0.102 e. The van der Waals surface area contributed by atoms with Crippen LogP contribution in [0.5, 0.6) is 0 Å². The summed E-state index contributed by atoms with van der Waals surface area (Å²) in [6.07, 6.45) is 3.51. The first-order valence-electron chi connectivity index (χ1n) is 4.92. The molecule has 1 aliphatic carbocycles. The maximum absolute atomic E-state index is 8.71. The van der Waals surface area contributed by atoms with Crippen molar-refractivity contribution >= 4 is 0 Å². The number of nitriles is 1. The quantitative estimate of drug-likeness (QED) is 0.687. The first kappa shape index (κ1) is 10.5. The van der Waals surface area contributed by atoms with E-state index in [-0.39, 0.29) is 0 Å². The highest BCUT2D eigenvalue weighted by Crippen LogP contribution is 2.29. The molecule has 1 saturated carbocycles. The summed E-state index contributed by atoms with van der Waals surface area (Å²) >= 11 is 0. The normalized spacial score (nSPS) is 21.2. The van der Waals surface area contributed by atoms with Gasteiger partial charge in [0, 0.05) is 13.1 Å². The van der Waals surface area contributed by atoms with Gasteiger partial charge in [-0.1, -0.05) is 0 Å². The third kappa shape index (κ3) is 4.25. The summed E-state index contributed by atoms with van der Waals surface area (Å²) in [5.41, 5.74) is 5.07. The van der Waals surface area contributed by atoms with Crippen LogP contribution in [0.4, 0.5) is 0 Å². The largest absolute Gasteiger partial charge is 0.314 e. The van der Waals surface area contributed by atoms with Gasteiger partial charge in [0.1, 0.15) is 5.54 Å². The highest BCUT2D eigenvalue weighted by atomic mass is 15.1. The Labute approximate surface area is 80.5 Å². The van der Waals surface area contributed by atoms with Crippen LogP contribution in [0.25, 0.3) is 0 Å². The predicted molar refractivity (Wildman–Crippen MR) is 53.0 cm³/mol. The van der Waals surface area contributed by atoms with Gasteiger partial charge in [-0.15, -0.1) is 0 Å². The van der Waals surface area contributed by atoms with Crippen molar-refractivity contribution in [2.24, 2.45) is 11.7 Å². The first-order chi connectivity index (χ1) is 6.03. The van der Waals surface area contributed by atoms with Crippen LogP contribution in [-0.4, -0.2) is 30.6 Å². The second kappa shape index (κ2) is 4.08. The predicted octanol–water partition coefficient (Wildman–Crippen LogP) is 0.959. The molecule has 0 bridgehead atoms. The molecular formula is C10H19N3. The minimum atomic E-state index is -0.655. The van der Waals surface area contributed by atoms with Crippen LogP contribution >= 0.6 is 0 Å². The average Bonchev–Trinajstić information content (AvgIpc) is 2.85. The number of nitrogens with zero attached hydrogens (tertiary/aromatic N) is 2. The zero-order valence-electron chi connectivity index (χ0n) is 8.58. The van der Waals surface area contributed by atoms with Crippen LogP contribution in [0.1, 0.15) is 26.2 Å². The summed E-state index contributed by atoms with van der Waals surface area (Å²) in [6, 6.07) is 2.12. The Morgan fingerprint density at radius 3 is 2.69 bits per heavy atom. The number of nitrogens with two attached hydrogens (primary N) is 1. The van der Waals surface area contributed by atoms with Crippen LogP contribution in [-0.2, 0) is 0 Å². The molecule has 0 saturated heterocycles. The van der Waals surface area contributed by atoms with Crippen LogP contribution < -0.4 is 5.73 Å². The fourth-order valence-corrected chi connectivity index (χ4v) is 1.31. The summed E-state index contributed by atoms with van der Waals surface area (Å²) in [5, 5.41) is 8.71. The Morgan fingerprint density at radius 1 is 1.62 bits per heavy atom. The standard InChI is InChI=1S/C10H19N3/c1-10(12,8-11)5-6-13(2)7-9-3-4-9/h9H,3-7,12H2,1-2H3. The first-order valence-corrected chi connectivity index (χ1v) is 4.92. The number of hydrogen-bond donors (Lipinski definition) is 1. The molecule has 2 N–H and O–H groups in total. The number of hydrogen-bond acceptors (Lipinski definition) is 3.